The van der Waals surface area contributed by atoms with Crippen molar-refractivity contribution in [2.24, 2.45) is 0 Å². The van der Waals surface area contributed by atoms with Crippen molar-refractivity contribution in [3.05, 3.63) is 28.5 Å². The third-order valence-electron chi connectivity index (χ3n) is 1.98. The zero-order chi connectivity index (χ0) is 12.0. The van der Waals surface area contributed by atoms with Gasteiger partial charge in [-0.25, -0.2) is 0 Å². The molecule has 16 heavy (non-hydrogen) atoms. The number of aromatic nitrogens is 1. The zero-order valence-electron chi connectivity index (χ0n) is 9.27. The first-order valence-electron chi connectivity index (χ1n) is 4.89. The molecule has 1 atom stereocenters. The highest BCUT2D eigenvalue weighted by atomic mass is 79.9. The number of halogens is 1. The third-order valence-corrected chi connectivity index (χ3v) is 3.65. The standard InChI is InChI=1S/C11H14BrNO2S/c1-8(3-11(14)15-2)16-7-9-4-10(12)6-13-5-9/h4-6,8H,3,7H2,1-2H3. The minimum Gasteiger partial charge on any atom is -0.469 e. The van der Waals surface area contributed by atoms with Crippen LogP contribution in [0, 0.1) is 0 Å². The average Bonchev–Trinajstić information content (AvgIpc) is 2.26. The van der Waals surface area contributed by atoms with Crippen LogP contribution < -0.4 is 0 Å². The van der Waals surface area contributed by atoms with Crippen LogP contribution in [0.2, 0.25) is 0 Å². The molecule has 1 aromatic rings. The van der Waals surface area contributed by atoms with E-state index in [0.717, 1.165) is 15.8 Å². The Morgan fingerprint density at radius 2 is 2.38 bits per heavy atom. The predicted molar refractivity (Wildman–Crippen MR) is 69.3 cm³/mol. The molecule has 1 aromatic heterocycles. The smallest absolute Gasteiger partial charge is 0.306 e. The van der Waals surface area contributed by atoms with Gasteiger partial charge in [-0.05, 0) is 27.6 Å². The summed E-state index contributed by atoms with van der Waals surface area (Å²) in [4.78, 5) is 15.1. The minimum atomic E-state index is -0.160. The lowest BCUT2D eigenvalue weighted by Gasteiger charge is -2.09. The van der Waals surface area contributed by atoms with E-state index in [9.17, 15) is 4.79 Å². The van der Waals surface area contributed by atoms with Gasteiger partial charge < -0.3 is 4.74 Å². The summed E-state index contributed by atoms with van der Waals surface area (Å²) in [6, 6.07) is 2.03. The lowest BCUT2D eigenvalue weighted by atomic mass is 10.3. The van der Waals surface area contributed by atoms with E-state index >= 15 is 0 Å². The first-order valence-corrected chi connectivity index (χ1v) is 6.74. The largest absolute Gasteiger partial charge is 0.469 e. The van der Waals surface area contributed by atoms with Crippen molar-refractivity contribution in [3.8, 4) is 0 Å². The molecule has 0 bridgehead atoms. The molecule has 0 saturated carbocycles. The zero-order valence-corrected chi connectivity index (χ0v) is 11.7. The summed E-state index contributed by atoms with van der Waals surface area (Å²) in [5.41, 5.74) is 1.15. The normalized spacial score (nSPS) is 12.2. The van der Waals surface area contributed by atoms with Gasteiger partial charge in [0.1, 0.15) is 0 Å². The Morgan fingerprint density at radius 1 is 1.62 bits per heavy atom. The number of methoxy groups -OCH3 is 1. The highest BCUT2D eigenvalue weighted by Gasteiger charge is 2.09. The molecule has 0 amide bonds. The molecular weight excluding hydrogens is 290 g/mol. The Kier molecular flexibility index (Phi) is 5.84. The molecule has 0 aliphatic rings. The predicted octanol–water partition coefficient (Wildman–Crippen LogP) is 3.03. The quantitative estimate of drug-likeness (QED) is 0.784. The monoisotopic (exact) mass is 303 g/mol. The van der Waals surface area contributed by atoms with Crippen molar-refractivity contribution in [1.82, 2.24) is 4.98 Å². The summed E-state index contributed by atoms with van der Waals surface area (Å²) in [6.07, 6.45) is 4.04. The fourth-order valence-corrected chi connectivity index (χ4v) is 2.45. The number of rotatable bonds is 5. The van der Waals surface area contributed by atoms with Gasteiger partial charge in [-0.1, -0.05) is 6.92 Å². The number of hydrogen-bond acceptors (Lipinski definition) is 4. The average molecular weight is 304 g/mol. The molecule has 1 rings (SSSR count). The van der Waals surface area contributed by atoms with E-state index in [4.69, 9.17) is 0 Å². The molecule has 0 N–H and O–H groups in total. The number of pyridine rings is 1. The van der Waals surface area contributed by atoms with Crippen molar-refractivity contribution in [2.45, 2.75) is 24.3 Å². The van der Waals surface area contributed by atoms with Crippen molar-refractivity contribution in [2.75, 3.05) is 7.11 Å². The van der Waals surface area contributed by atoms with Crippen LogP contribution in [0.1, 0.15) is 18.9 Å². The molecule has 0 aliphatic heterocycles. The Labute approximate surface area is 108 Å². The molecule has 0 radical (unpaired) electrons. The summed E-state index contributed by atoms with van der Waals surface area (Å²) in [5, 5.41) is 0.256. The second kappa shape index (κ2) is 6.91. The molecule has 3 nitrogen and oxygen atoms in total. The van der Waals surface area contributed by atoms with Gasteiger partial charge in [-0.2, -0.15) is 11.8 Å². The number of esters is 1. The summed E-state index contributed by atoms with van der Waals surface area (Å²) >= 11 is 5.10. The van der Waals surface area contributed by atoms with Gasteiger partial charge in [0.15, 0.2) is 0 Å². The molecular formula is C11H14BrNO2S. The topological polar surface area (TPSA) is 39.2 Å². The first-order chi connectivity index (χ1) is 7.61. The maximum absolute atomic E-state index is 11.0. The fraction of sp³-hybridized carbons (Fsp3) is 0.455. The van der Waals surface area contributed by atoms with Gasteiger partial charge in [0, 0.05) is 27.9 Å². The molecule has 1 unspecified atom stereocenters. The number of carbonyl (C=O) groups excluding carboxylic acids is 1. The third kappa shape index (κ3) is 4.99. The molecule has 0 spiro atoms. The van der Waals surface area contributed by atoms with E-state index in [-0.39, 0.29) is 11.2 Å². The van der Waals surface area contributed by atoms with Gasteiger partial charge in [-0.15, -0.1) is 0 Å². The van der Waals surface area contributed by atoms with Crippen molar-refractivity contribution < 1.29 is 9.53 Å². The Hall–Kier alpha value is -0.550. The molecule has 0 aromatic carbocycles. The highest BCUT2D eigenvalue weighted by molar-refractivity contribution is 9.10. The Morgan fingerprint density at radius 3 is 3.00 bits per heavy atom. The second-order valence-corrected chi connectivity index (χ2v) is 5.76. The maximum Gasteiger partial charge on any atom is 0.306 e. The van der Waals surface area contributed by atoms with Gasteiger partial charge in [0.2, 0.25) is 0 Å². The molecule has 1 heterocycles. The number of thioether (sulfide) groups is 1. The van der Waals surface area contributed by atoms with Crippen molar-refractivity contribution in [3.63, 3.8) is 0 Å². The lowest BCUT2D eigenvalue weighted by Crippen LogP contribution is -2.08. The van der Waals surface area contributed by atoms with Crippen LogP contribution in [-0.2, 0) is 15.3 Å². The van der Waals surface area contributed by atoms with Crippen LogP contribution in [-0.4, -0.2) is 23.3 Å². The van der Waals surface area contributed by atoms with Crippen LogP contribution in [0.5, 0.6) is 0 Å². The van der Waals surface area contributed by atoms with E-state index in [1.54, 1.807) is 18.0 Å². The van der Waals surface area contributed by atoms with Gasteiger partial charge in [0.05, 0.1) is 13.5 Å². The van der Waals surface area contributed by atoms with E-state index in [2.05, 4.69) is 25.7 Å². The summed E-state index contributed by atoms with van der Waals surface area (Å²) in [6.45, 7) is 2.02. The van der Waals surface area contributed by atoms with E-state index in [1.807, 2.05) is 19.2 Å². The SMILES string of the molecule is COC(=O)CC(C)SCc1cncc(Br)c1. The van der Waals surface area contributed by atoms with Gasteiger partial charge in [0.25, 0.3) is 0 Å². The number of hydrogen-bond donors (Lipinski definition) is 0. The highest BCUT2D eigenvalue weighted by Crippen LogP contribution is 2.21. The van der Waals surface area contributed by atoms with Crippen LogP contribution in [0.25, 0.3) is 0 Å². The molecule has 0 saturated heterocycles. The van der Waals surface area contributed by atoms with Crippen molar-refractivity contribution >= 4 is 33.7 Å². The molecule has 0 fully saturated rings. The van der Waals surface area contributed by atoms with Crippen LogP contribution >= 0.6 is 27.7 Å². The van der Waals surface area contributed by atoms with Gasteiger partial charge >= 0.3 is 5.97 Å². The number of carbonyl (C=O) groups is 1. The molecule has 88 valence electrons. The summed E-state index contributed by atoms with van der Waals surface area (Å²) in [5.74, 6) is 0.692. The minimum absolute atomic E-state index is 0.160. The van der Waals surface area contributed by atoms with E-state index in [1.165, 1.54) is 7.11 Å². The van der Waals surface area contributed by atoms with E-state index in [0.29, 0.717) is 6.42 Å². The second-order valence-electron chi connectivity index (χ2n) is 3.41. The van der Waals surface area contributed by atoms with E-state index < -0.39 is 0 Å². The van der Waals surface area contributed by atoms with Gasteiger partial charge in [-0.3, -0.25) is 9.78 Å². The molecule has 5 heteroatoms. The van der Waals surface area contributed by atoms with Crippen LogP contribution in [0.3, 0.4) is 0 Å². The first kappa shape index (κ1) is 13.5. The maximum atomic E-state index is 11.0. The fourth-order valence-electron chi connectivity index (χ4n) is 1.15. The molecule has 0 aliphatic carbocycles. The van der Waals surface area contributed by atoms with Crippen molar-refractivity contribution in [1.29, 1.82) is 0 Å². The van der Waals surface area contributed by atoms with Crippen LogP contribution in [0.15, 0.2) is 22.9 Å². The Balaban J connectivity index is 2.37. The van der Waals surface area contributed by atoms with Crippen LogP contribution in [0.4, 0.5) is 0 Å². The number of ether oxygens (including phenoxy) is 1. The number of nitrogens with zero attached hydrogens (tertiary/aromatic N) is 1. The summed E-state index contributed by atoms with van der Waals surface area (Å²) in [7, 11) is 1.41. The summed E-state index contributed by atoms with van der Waals surface area (Å²) < 4.78 is 5.60. The Bertz CT molecular complexity index is 360. The lowest BCUT2D eigenvalue weighted by molar-refractivity contribution is -0.140.